The van der Waals surface area contributed by atoms with E-state index in [1.165, 1.54) is 11.1 Å². The molecule has 1 saturated heterocycles. The highest BCUT2D eigenvalue weighted by Gasteiger charge is 2.20. The van der Waals surface area contributed by atoms with Crippen LogP contribution in [0.3, 0.4) is 0 Å². The average Bonchev–Trinajstić information content (AvgIpc) is 3.23. The summed E-state index contributed by atoms with van der Waals surface area (Å²) in [4.78, 5) is 13.8. The van der Waals surface area contributed by atoms with Crippen molar-refractivity contribution in [3.05, 3.63) is 71.6 Å². The monoisotopic (exact) mass is 405 g/mol. The first-order valence-corrected chi connectivity index (χ1v) is 10.0. The van der Waals surface area contributed by atoms with Gasteiger partial charge in [0, 0.05) is 54.0 Å². The number of aromatic nitrogens is 3. The van der Waals surface area contributed by atoms with E-state index in [9.17, 15) is 0 Å². The van der Waals surface area contributed by atoms with Gasteiger partial charge in [0.25, 0.3) is 5.89 Å². The number of anilines is 1. The molecule has 0 bridgehead atoms. The minimum absolute atomic E-state index is 0.526. The molecule has 7 heteroatoms. The molecule has 3 heterocycles. The van der Waals surface area contributed by atoms with Gasteiger partial charge in [-0.2, -0.15) is 4.98 Å². The Hall–Kier alpha value is -2.96. The molecule has 0 unspecified atom stereocenters. The second-order valence-corrected chi connectivity index (χ2v) is 7.57. The molecule has 5 rings (SSSR count). The summed E-state index contributed by atoms with van der Waals surface area (Å²) in [7, 11) is 0. The summed E-state index contributed by atoms with van der Waals surface area (Å²) in [6.07, 6.45) is 1.89. The molecule has 0 saturated carbocycles. The van der Waals surface area contributed by atoms with Gasteiger partial charge >= 0.3 is 0 Å². The van der Waals surface area contributed by atoms with E-state index in [0.29, 0.717) is 23.3 Å². The van der Waals surface area contributed by atoms with E-state index in [1.54, 1.807) is 0 Å². The average molecular weight is 406 g/mol. The van der Waals surface area contributed by atoms with E-state index in [2.05, 4.69) is 49.2 Å². The van der Waals surface area contributed by atoms with Gasteiger partial charge in [0.2, 0.25) is 0 Å². The third-order valence-corrected chi connectivity index (χ3v) is 5.52. The van der Waals surface area contributed by atoms with Gasteiger partial charge < -0.3 is 9.42 Å². The Morgan fingerprint density at radius 3 is 2.55 bits per heavy atom. The maximum atomic E-state index is 5.94. The van der Waals surface area contributed by atoms with E-state index < -0.39 is 0 Å². The van der Waals surface area contributed by atoms with Crippen LogP contribution in [0.1, 0.15) is 5.82 Å². The van der Waals surface area contributed by atoms with Crippen LogP contribution in [0, 0.1) is 0 Å². The van der Waals surface area contributed by atoms with Crippen LogP contribution >= 0.6 is 11.6 Å². The number of piperazine rings is 1. The molecule has 29 heavy (non-hydrogen) atoms. The lowest BCUT2D eigenvalue weighted by atomic mass is 10.1. The zero-order chi connectivity index (χ0) is 19.6. The first kappa shape index (κ1) is 18.1. The van der Waals surface area contributed by atoms with Gasteiger partial charge in [-0.1, -0.05) is 35.0 Å². The van der Waals surface area contributed by atoms with Crippen molar-refractivity contribution in [3.63, 3.8) is 0 Å². The highest BCUT2D eigenvalue weighted by molar-refractivity contribution is 6.30. The molecule has 0 spiro atoms. The van der Waals surface area contributed by atoms with Crippen molar-refractivity contribution in [2.45, 2.75) is 6.54 Å². The molecular formula is C22H20ClN5O. The van der Waals surface area contributed by atoms with Crippen LogP contribution in [0.4, 0.5) is 5.69 Å². The molecule has 0 atom stereocenters. The summed E-state index contributed by atoms with van der Waals surface area (Å²) in [6, 6.07) is 17.8. The number of hydrogen-bond donors (Lipinski definition) is 0. The SMILES string of the molecule is Clc1ccc(-c2nc(CN3CCN(c4ccnc5ccccc45)CC3)no2)cc1. The molecule has 1 aliphatic heterocycles. The minimum atomic E-state index is 0.526. The maximum Gasteiger partial charge on any atom is 0.257 e. The Labute approximate surface area is 173 Å². The summed E-state index contributed by atoms with van der Waals surface area (Å²) in [5, 5.41) is 6.04. The zero-order valence-electron chi connectivity index (χ0n) is 15.8. The van der Waals surface area contributed by atoms with Gasteiger partial charge in [-0.15, -0.1) is 0 Å². The van der Waals surface area contributed by atoms with Crippen molar-refractivity contribution in [2.24, 2.45) is 0 Å². The number of para-hydroxylation sites is 1. The summed E-state index contributed by atoms with van der Waals surface area (Å²) in [5.74, 6) is 1.23. The fourth-order valence-electron chi connectivity index (χ4n) is 3.73. The van der Waals surface area contributed by atoms with Crippen LogP contribution < -0.4 is 4.90 Å². The molecule has 2 aromatic carbocycles. The number of benzene rings is 2. The lowest BCUT2D eigenvalue weighted by molar-refractivity contribution is 0.240. The number of fused-ring (bicyclic) bond motifs is 1. The Bertz CT molecular complexity index is 1110. The fourth-order valence-corrected chi connectivity index (χ4v) is 3.86. The second kappa shape index (κ2) is 7.81. The van der Waals surface area contributed by atoms with Gasteiger partial charge in [0.1, 0.15) is 0 Å². The van der Waals surface area contributed by atoms with Crippen LogP contribution in [-0.2, 0) is 6.54 Å². The van der Waals surface area contributed by atoms with Crippen LogP contribution in [0.5, 0.6) is 0 Å². The van der Waals surface area contributed by atoms with E-state index >= 15 is 0 Å². The Balaban J connectivity index is 1.24. The van der Waals surface area contributed by atoms with Crippen molar-refractivity contribution >= 4 is 28.2 Å². The Morgan fingerprint density at radius 2 is 1.72 bits per heavy atom. The molecule has 6 nitrogen and oxygen atoms in total. The van der Waals surface area contributed by atoms with E-state index in [1.807, 2.05) is 36.5 Å². The first-order valence-electron chi connectivity index (χ1n) is 9.66. The Kier molecular flexibility index (Phi) is 4.87. The minimum Gasteiger partial charge on any atom is -0.368 e. The third-order valence-electron chi connectivity index (χ3n) is 5.26. The van der Waals surface area contributed by atoms with Gasteiger partial charge in [-0.05, 0) is 36.4 Å². The second-order valence-electron chi connectivity index (χ2n) is 7.13. The van der Waals surface area contributed by atoms with Crippen LogP contribution in [-0.4, -0.2) is 46.2 Å². The van der Waals surface area contributed by atoms with Crippen molar-refractivity contribution in [1.29, 1.82) is 0 Å². The lowest BCUT2D eigenvalue weighted by Gasteiger charge is -2.36. The summed E-state index contributed by atoms with van der Waals surface area (Å²) < 4.78 is 5.42. The third kappa shape index (κ3) is 3.81. The van der Waals surface area contributed by atoms with E-state index in [4.69, 9.17) is 16.1 Å². The van der Waals surface area contributed by atoms with Crippen LogP contribution in [0.25, 0.3) is 22.4 Å². The molecule has 0 N–H and O–H groups in total. The molecule has 146 valence electrons. The van der Waals surface area contributed by atoms with E-state index in [0.717, 1.165) is 37.3 Å². The van der Waals surface area contributed by atoms with Gasteiger partial charge in [-0.25, -0.2) is 0 Å². The number of nitrogens with zero attached hydrogens (tertiary/aromatic N) is 5. The normalized spacial score (nSPS) is 15.1. The Morgan fingerprint density at radius 1 is 0.931 bits per heavy atom. The predicted octanol–water partition coefficient (Wildman–Crippen LogP) is 4.26. The van der Waals surface area contributed by atoms with Crippen molar-refractivity contribution < 1.29 is 4.52 Å². The lowest BCUT2D eigenvalue weighted by Crippen LogP contribution is -2.46. The molecule has 0 radical (unpaired) electrons. The van der Waals surface area contributed by atoms with Gasteiger partial charge in [-0.3, -0.25) is 9.88 Å². The van der Waals surface area contributed by atoms with Crippen molar-refractivity contribution in [1.82, 2.24) is 20.0 Å². The molecule has 4 aromatic rings. The molecule has 0 aliphatic carbocycles. The molecule has 1 fully saturated rings. The topological polar surface area (TPSA) is 58.3 Å². The highest BCUT2D eigenvalue weighted by atomic mass is 35.5. The quantitative estimate of drug-likeness (QED) is 0.505. The van der Waals surface area contributed by atoms with Crippen molar-refractivity contribution in [3.8, 4) is 11.5 Å². The highest BCUT2D eigenvalue weighted by Crippen LogP contribution is 2.26. The zero-order valence-corrected chi connectivity index (χ0v) is 16.6. The number of hydrogen-bond acceptors (Lipinski definition) is 6. The summed E-state index contributed by atoms with van der Waals surface area (Å²) in [6.45, 7) is 4.48. The van der Waals surface area contributed by atoms with Gasteiger partial charge in [0.05, 0.1) is 12.1 Å². The fraction of sp³-hybridized carbons (Fsp3) is 0.227. The number of pyridine rings is 1. The largest absolute Gasteiger partial charge is 0.368 e. The number of halogens is 1. The van der Waals surface area contributed by atoms with Crippen LogP contribution in [0.2, 0.25) is 5.02 Å². The standard InChI is InChI=1S/C22H20ClN5O/c23-17-7-5-16(6-8-17)22-25-21(26-29-22)15-27-11-13-28(14-12-27)20-9-10-24-19-4-2-1-3-18(19)20/h1-10H,11-15H2. The predicted molar refractivity (Wildman–Crippen MR) is 114 cm³/mol. The summed E-state index contributed by atoms with van der Waals surface area (Å²) in [5.41, 5.74) is 3.16. The molecule has 2 aromatic heterocycles. The smallest absolute Gasteiger partial charge is 0.257 e. The first-order chi connectivity index (χ1) is 14.3. The maximum absolute atomic E-state index is 5.94. The summed E-state index contributed by atoms with van der Waals surface area (Å²) >= 11 is 5.94. The van der Waals surface area contributed by atoms with E-state index in [-0.39, 0.29) is 0 Å². The molecule has 1 aliphatic rings. The van der Waals surface area contributed by atoms with Crippen molar-refractivity contribution in [2.75, 3.05) is 31.1 Å². The molecule has 0 amide bonds. The number of rotatable bonds is 4. The van der Waals surface area contributed by atoms with Gasteiger partial charge in [0.15, 0.2) is 5.82 Å². The molecular weight excluding hydrogens is 386 g/mol. The van der Waals surface area contributed by atoms with Crippen LogP contribution in [0.15, 0.2) is 65.3 Å².